The summed E-state index contributed by atoms with van der Waals surface area (Å²) in [6.07, 6.45) is 6.18. The molecule has 0 bridgehead atoms. The number of thiophene rings is 1. The highest BCUT2D eigenvalue weighted by Gasteiger charge is 2.20. The monoisotopic (exact) mass is 313 g/mol. The SMILES string of the molecule is Cc1ccc(Nc2ncnc3sc4c(c23)CCCC4)c(F)c1. The molecule has 1 N–H and O–H groups in total. The molecule has 22 heavy (non-hydrogen) atoms. The molecule has 0 atom stereocenters. The highest BCUT2D eigenvalue weighted by molar-refractivity contribution is 7.19. The second-order valence-electron chi connectivity index (χ2n) is 5.72. The van der Waals surface area contributed by atoms with Crippen molar-refractivity contribution in [3.05, 3.63) is 46.3 Å². The molecule has 2 heterocycles. The Morgan fingerprint density at radius 2 is 2.05 bits per heavy atom. The molecule has 1 aliphatic rings. The summed E-state index contributed by atoms with van der Waals surface area (Å²) < 4.78 is 14.1. The number of fused-ring (bicyclic) bond motifs is 3. The number of halogens is 1. The van der Waals surface area contributed by atoms with Gasteiger partial charge in [-0.25, -0.2) is 14.4 Å². The zero-order valence-electron chi connectivity index (χ0n) is 12.3. The van der Waals surface area contributed by atoms with E-state index in [1.165, 1.54) is 29.3 Å². The van der Waals surface area contributed by atoms with E-state index in [1.54, 1.807) is 23.7 Å². The summed E-state index contributed by atoms with van der Waals surface area (Å²) in [5.74, 6) is 0.461. The number of hydrogen-bond donors (Lipinski definition) is 1. The molecule has 0 aliphatic heterocycles. The molecule has 112 valence electrons. The lowest BCUT2D eigenvalue weighted by Gasteiger charge is -2.13. The third kappa shape index (κ3) is 2.25. The van der Waals surface area contributed by atoms with Crippen LogP contribution in [0.2, 0.25) is 0 Å². The lowest BCUT2D eigenvalue weighted by molar-refractivity contribution is 0.630. The van der Waals surface area contributed by atoms with Gasteiger partial charge < -0.3 is 5.32 Å². The van der Waals surface area contributed by atoms with Gasteiger partial charge in [-0.1, -0.05) is 6.07 Å². The Morgan fingerprint density at radius 3 is 2.91 bits per heavy atom. The van der Waals surface area contributed by atoms with Crippen LogP contribution in [0.15, 0.2) is 24.5 Å². The van der Waals surface area contributed by atoms with Crippen LogP contribution in [0.3, 0.4) is 0 Å². The summed E-state index contributed by atoms with van der Waals surface area (Å²) in [5.41, 5.74) is 2.71. The minimum atomic E-state index is -0.254. The van der Waals surface area contributed by atoms with Crippen LogP contribution in [-0.4, -0.2) is 9.97 Å². The first-order valence-electron chi connectivity index (χ1n) is 7.51. The summed E-state index contributed by atoms with van der Waals surface area (Å²) in [5, 5.41) is 4.23. The van der Waals surface area contributed by atoms with Gasteiger partial charge in [0.2, 0.25) is 0 Å². The van der Waals surface area contributed by atoms with Gasteiger partial charge in [0, 0.05) is 4.88 Å². The predicted molar refractivity (Wildman–Crippen MR) is 88.5 cm³/mol. The third-order valence-electron chi connectivity index (χ3n) is 4.13. The topological polar surface area (TPSA) is 37.8 Å². The summed E-state index contributed by atoms with van der Waals surface area (Å²) >= 11 is 1.75. The van der Waals surface area contributed by atoms with E-state index >= 15 is 0 Å². The summed E-state index contributed by atoms with van der Waals surface area (Å²) in [4.78, 5) is 11.2. The molecule has 1 aromatic carbocycles. The molecule has 0 radical (unpaired) electrons. The second-order valence-corrected chi connectivity index (χ2v) is 6.81. The van der Waals surface area contributed by atoms with Crippen molar-refractivity contribution in [3.8, 4) is 0 Å². The Hall–Kier alpha value is -2.01. The van der Waals surface area contributed by atoms with Crippen molar-refractivity contribution in [1.82, 2.24) is 9.97 Å². The molecule has 0 amide bonds. The standard InChI is InChI=1S/C17H16FN3S/c1-10-6-7-13(12(18)8-10)21-16-15-11-4-2-3-5-14(11)22-17(15)20-9-19-16/h6-9H,2-5H2,1H3,(H,19,20,21). The van der Waals surface area contributed by atoms with Crippen molar-refractivity contribution < 1.29 is 4.39 Å². The maximum Gasteiger partial charge on any atom is 0.146 e. The van der Waals surface area contributed by atoms with E-state index in [1.807, 2.05) is 13.0 Å². The van der Waals surface area contributed by atoms with E-state index in [0.717, 1.165) is 28.6 Å². The number of rotatable bonds is 2. The minimum Gasteiger partial charge on any atom is -0.337 e. The molecule has 3 nitrogen and oxygen atoms in total. The van der Waals surface area contributed by atoms with Gasteiger partial charge in [0.15, 0.2) is 0 Å². The normalized spacial score (nSPS) is 14.1. The molecule has 3 aromatic rings. The number of benzene rings is 1. The van der Waals surface area contributed by atoms with Crippen LogP contribution in [0.5, 0.6) is 0 Å². The van der Waals surface area contributed by atoms with E-state index in [9.17, 15) is 4.39 Å². The van der Waals surface area contributed by atoms with Gasteiger partial charge in [-0.05, 0) is 55.9 Å². The maximum absolute atomic E-state index is 14.1. The quantitative estimate of drug-likeness (QED) is 0.741. The van der Waals surface area contributed by atoms with E-state index in [2.05, 4.69) is 15.3 Å². The lowest BCUT2D eigenvalue weighted by atomic mass is 9.97. The molecule has 5 heteroatoms. The van der Waals surface area contributed by atoms with Crippen LogP contribution in [0.25, 0.3) is 10.2 Å². The van der Waals surface area contributed by atoms with Crippen LogP contribution in [0.4, 0.5) is 15.9 Å². The fraction of sp³-hybridized carbons (Fsp3) is 0.294. The van der Waals surface area contributed by atoms with Crippen molar-refractivity contribution in [2.75, 3.05) is 5.32 Å². The fourth-order valence-corrected chi connectivity index (χ4v) is 4.26. The van der Waals surface area contributed by atoms with Crippen molar-refractivity contribution in [1.29, 1.82) is 0 Å². The third-order valence-corrected chi connectivity index (χ3v) is 5.33. The molecule has 1 aliphatic carbocycles. The van der Waals surface area contributed by atoms with E-state index in [-0.39, 0.29) is 5.82 Å². The van der Waals surface area contributed by atoms with Crippen molar-refractivity contribution in [2.24, 2.45) is 0 Å². The van der Waals surface area contributed by atoms with Crippen LogP contribution in [0.1, 0.15) is 28.8 Å². The van der Waals surface area contributed by atoms with Gasteiger partial charge in [0.05, 0.1) is 11.1 Å². The van der Waals surface area contributed by atoms with E-state index in [0.29, 0.717) is 11.5 Å². The first-order chi connectivity index (χ1) is 10.7. The highest BCUT2D eigenvalue weighted by Crippen LogP contribution is 2.39. The smallest absolute Gasteiger partial charge is 0.146 e. The zero-order chi connectivity index (χ0) is 15.1. The summed E-state index contributed by atoms with van der Waals surface area (Å²) in [6, 6.07) is 5.19. The van der Waals surface area contributed by atoms with Crippen LogP contribution in [-0.2, 0) is 12.8 Å². The molecular weight excluding hydrogens is 297 g/mol. The number of anilines is 2. The van der Waals surface area contributed by atoms with E-state index in [4.69, 9.17) is 0 Å². The molecule has 0 saturated heterocycles. The van der Waals surface area contributed by atoms with Gasteiger partial charge in [-0.3, -0.25) is 0 Å². The van der Waals surface area contributed by atoms with Gasteiger partial charge in [-0.2, -0.15) is 0 Å². The van der Waals surface area contributed by atoms with Gasteiger partial charge >= 0.3 is 0 Å². The van der Waals surface area contributed by atoms with Crippen LogP contribution < -0.4 is 5.32 Å². The summed E-state index contributed by atoms with van der Waals surface area (Å²) in [6.45, 7) is 1.88. The van der Waals surface area contributed by atoms with Crippen LogP contribution in [0, 0.1) is 12.7 Å². The second kappa shape index (κ2) is 5.32. The Bertz CT molecular complexity index is 856. The number of nitrogens with one attached hydrogen (secondary N) is 1. The van der Waals surface area contributed by atoms with E-state index < -0.39 is 0 Å². The Kier molecular flexibility index (Phi) is 3.30. The molecule has 2 aromatic heterocycles. The molecule has 4 rings (SSSR count). The average molecular weight is 313 g/mol. The average Bonchev–Trinajstić information content (AvgIpc) is 2.89. The highest BCUT2D eigenvalue weighted by atomic mass is 32.1. The number of nitrogens with zero attached hydrogens (tertiary/aromatic N) is 2. The zero-order valence-corrected chi connectivity index (χ0v) is 13.1. The largest absolute Gasteiger partial charge is 0.337 e. The van der Waals surface area contributed by atoms with Crippen molar-refractivity contribution in [3.63, 3.8) is 0 Å². The first kappa shape index (κ1) is 13.6. The number of aromatic nitrogens is 2. The number of hydrogen-bond acceptors (Lipinski definition) is 4. The molecular formula is C17H16FN3S. The molecule has 0 unspecified atom stereocenters. The van der Waals surface area contributed by atoms with Gasteiger partial charge in [-0.15, -0.1) is 11.3 Å². The predicted octanol–water partition coefficient (Wildman–Crippen LogP) is 4.76. The van der Waals surface area contributed by atoms with Gasteiger partial charge in [0.1, 0.15) is 22.8 Å². The lowest BCUT2D eigenvalue weighted by Crippen LogP contribution is -2.01. The maximum atomic E-state index is 14.1. The Labute approximate surface area is 132 Å². The molecule has 0 spiro atoms. The minimum absolute atomic E-state index is 0.254. The van der Waals surface area contributed by atoms with Gasteiger partial charge in [0.25, 0.3) is 0 Å². The summed E-state index contributed by atoms with van der Waals surface area (Å²) in [7, 11) is 0. The Morgan fingerprint density at radius 1 is 1.18 bits per heavy atom. The number of aryl methyl sites for hydroxylation is 3. The van der Waals surface area contributed by atoms with Crippen LogP contribution >= 0.6 is 11.3 Å². The fourth-order valence-electron chi connectivity index (χ4n) is 3.03. The Balaban J connectivity index is 1.83. The molecule has 0 fully saturated rings. The van der Waals surface area contributed by atoms with Crippen molar-refractivity contribution >= 4 is 33.1 Å². The molecule has 0 saturated carbocycles. The van der Waals surface area contributed by atoms with Crippen molar-refractivity contribution in [2.45, 2.75) is 32.6 Å². The first-order valence-corrected chi connectivity index (χ1v) is 8.32.